The van der Waals surface area contributed by atoms with Gasteiger partial charge >= 0.3 is 0 Å². The highest BCUT2D eigenvalue weighted by Gasteiger charge is 2.17. The number of nitrogens with one attached hydrogen (secondary N) is 1. The predicted molar refractivity (Wildman–Crippen MR) is 39.4 cm³/mol. The van der Waals surface area contributed by atoms with Crippen molar-refractivity contribution in [3.63, 3.8) is 0 Å². The van der Waals surface area contributed by atoms with Crippen LogP contribution in [0.1, 0.15) is 0 Å². The van der Waals surface area contributed by atoms with Gasteiger partial charge in [0.25, 0.3) is 0 Å². The Morgan fingerprint density at radius 1 is 1.78 bits per heavy atom. The Bertz CT molecular complexity index is 91.0. The van der Waals surface area contributed by atoms with Crippen LogP contribution >= 0.6 is 12.8 Å². The Morgan fingerprint density at radius 2 is 2.56 bits per heavy atom. The molecule has 1 fully saturated rings. The zero-order valence-electron chi connectivity index (χ0n) is 5.50. The summed E-state index contributed by atoms with van der Waals surface area (Å²) < 4.78 is 6.99. The number of hydrogen-bond acceptors (Lipinski definition) is 4. The third-order valence-electron chi connectivity index (χ3n) is 1.44. The van der Waals surface area contributed by atoms with Gasteiger partial charge in [-0.3, -0.25) is 0 Å². The van der Waals surface area contributed by atoms with E-state index in [0.29, 0.717) is 0 Å². The van der Waals surface area contributed by atoms with E-state index in [0.717, 1.165) is 19.6 Å². The Morgan fingerprint density at radius 3 is 3.00 bits per heavy atom. The topological polar surface area (TPSA) is 24.5 Å². The van der Waals surface area contributed by atoms with Crippen LogP contribution in [0.5, 0.6) is 0 Å². The third kappa shape index (κ3) is 1.82. The van der Waals surface area contributed by atoms with E-state index in [9.17, 15) is 0 Å². The van der Waals surface area contributed by atoms with Crippen LogP contribution in [0.25, 0.3) is 0 Å². The molecule has 1 aliphatic rings. The van der Waals surface area contributed by atoms with Gasteiger partial charge in [-0.2, -0.15) is 0 Å². The molecule has 1 rings (SSSR count). The normalized spacial score (nSPS) is 30.7. The van der Waals surface area contributed by atoms with Crippen LogP contribution in [-0.2, 0) is 4.74 Å². The van der Waals surface area contributed by atoms with Crippen molar-refractivity contribution in [1.82, 2.24) is 9.62 Å². The molecule has 0 bridgehead atoms. The molecular formula is C5H12N2OS. The molecule has 1 saturated heterocycles. The summed E-state index contributed by atoms with van der Waals surface area (Å²) in [4.78, 5) is 0. The van der Waals surface area contributed by atoms with Gasteiger partial charge in [-0.05, 0) is 0 Å². The molecule has 0 amide bonds. The maximum absolute atomic E-state index is 5.09. The molecule has 1 unspecified atom stereocenters. The number of piperazine rings is 1. The first-order chi connectivity index (χ1) is 4.34. The van der Waals surface area contributed by atoms with Crippen LogP contribution in [0.15, 0.2) is 0 Å². The van der Waals surface area contributed by atoms with E-state index in [-0.39, 0.29) is 6.23 Å². The Hall–Kier alpha value is 0.230. The number of ether oxygens (including phenoxy) is 1. The molecule has 0 aliphatic carbocycles. The summed E-state index contributed by atoms with van der Waals surface area (Å²) >= 11 is 4.20. The fraction of sp³-hybridized carbons (Fsp3) is 1.00. The average molecular weight is 148 g/mol. The molecule has 1 N–H and O–H groups in total. The smallest absolute Gasteiger partial charge is 0.131 e. The van der Waals surface area contributed by atoms with E-state index >= 15 is 0 Å². The highest BCUT2D eigenvalue weighted by atomic mass is 32.1. The summed E-state index contributed by atoms with van der Waals surface area (Å²) in [6.07, 6.45) is 0.141. The van der Waals surface area contributed by atoms with Crippen molar-refractivity contribution in [3.05, 3.63) is 0 Å². The Labute approximate surface area is 60.9 Å². The summed E-state index contributed by atoms with van der Waals surface area (Å²) in [6.45, 7) is 2.82. The van der Waals surface area contributed by atoms with Gasteiger partial charge in [-0.1, -0.05) is 12.8 Å². The number of methoxy groups -OCH3 is 1. The lowest BCUT2D eigenvalue weighted by molar-refractivity contribution is 0.00937. The summed E-state index contributed by atoms with van der Waals surface area (Å²) in [5.41, 5.74) is 0. The molecule has 0 aromatic heterocycles. The van der Waals surface area contributed by atoms with E-state index in [1.807, 2.05) is 4.31 Å². The standard InChI is InChI=1S/C5H12N2OS/c1-8-5-4-6-2-3-7(5)9/h5-6,9H,2-4H2,1H3. The molecule has 1 heterocycles. The third-order valence-corrected chi connectivity index (χ3v) is 1.90. The molecule has 0 aromatic carbocycles. The second-order valence-electron chi connectivity index (χ2n) is 2.06. The minimum Gasteiger partial charge on any atom is -0.364 e. The van der Waals surface area contributed by atoms with Gasteiger partial charge in [0.2, 0.25) is 0 Å². The minimum atomic E-state index is 0.141. The van der Waals surface area contributed by atoms with Crippen molar-refractivity contribution in [2.45, 2.75) is 6.23 Å². The van der Waals surface area contributed by atoms with Gasteiger partial charge < -0.3 is 10.1 Å². The maximum Gasteiger partial charge on any atom is 0.131 e. The van der Waals surface area contributed by atoms with Crippen LogP contribution in [0.3, 0.4) is 0 Å². The first kappa shape index (κ1) is 7.34. The second kappa shape index (κ2) is 3.41. The van der Waals surface area contributed by atoms with Gasteiger partial charge in [-0.15, -0.1) is 0 Å². The minimum absolute atomic E-state index is 0.141. The fourth-order valence-electron chi connectivity index (χ4n) is 0.874. The maximum atomic E-state index is 5.09. The molecule has 4 heteroatoms. The summed E-state index contributed by atoms with van der Waals surface area (Å²) in [7, 11) is 1.70. The largest absolute Gasteiger partial charge is 0.364 e. The molecule has 0 aromatic rings. The number of thiol groups is 1. The lowest BCUT2D eigenvalue weighted by atomic mass is 10.4. The van der Waals surface area contributed by atoms with Crippen molar-refractivity contribution in [3.8, 4) is 0 Å². The van der Waals surface area contributed by atoms with Gasteiger partial charge in [0, 0.05) is 26.7 Å². The van der Waals surface area contributed by atoms with Crippen LogP contribution in [0, 0.1) is 0 Å². The van der Waals surface area contributed by atoms with Gasteiger partial charge in [0.15, 0.2) is 0 Å². The van der Waals surface area contributed by atoms with E-state index in [1.165, 1.54) is 0 Å². The van der Waals surface area contributed by atoms with Gasteiger partial charge in [0.1, 0.15) is 6.23 Å². The number of hydrogen-bond donors (Lipinski definition) is 2. The lowest BCUT2D eigenvalue weighted by Gasteiger charge is -2.30. The quantitative estimate of drug-likeness (QED) is 0.500. The zero-order valence-corrected chi connectivity index (χ0v) is 6.40. The molecular weight excluding hydrogens is 136 g/mol. The van der Waals surface area contributed by atoms with E-state index in [4.69, 9.17) is 4.74 Å². The summed E-state index contributed by atoms with van der Waals surface area (Å²) in [6, 6.07) is 0. The lowest BCUT2D eigenvalue weighted by Crippen LogP contribution is -2.47. The molecule has 54 valence electrons. The monoisotopic (exact) mass is 148 g/mol. The van der Waals surface area contributed by atoms with Crippen LogP contribution in [0.2, 0.25) is 0 Å². The highest BCUT2D eigenvalue weighted by Crippen LogP contribution is 2.04. The van der Waals surface area contributed by atoms with Crippen molar-refractivity contribution >= 4 is 12.8 Å². The van der Waals surface area contributed by atoms with Crippen molar-refractivity contribution in [2.75, 3.05) is 26.7 Å². The summed E-state index contributed by atoms with van der Waals surface area (Å²) in [5.74, 6) is 0. The van der Waals surface area contributed by atoms with E-state index < -0.39 is 0 Å². The second-order valence-corrected chi connectivity index (χ2v) is 2.57. The predicted octanol–water partition coefficient (Wildman–Crippen LogP) is -0.291. The zero-order chi connectivity index (χ0) is 6.69. The van der Waals surface area contributed by atoms with E-state index in [2.05, 4.69) is 18.1 Å². The van der Waals surface area contributed by atoms with Gasteiger partial charge in [0.05, 0.1) is 0 Å². The number of nitrogens with zero attached hydrogens (tertiary/aromatic N) is 1. The molecule has 0 radical (unpaired) electrons. The van der Waals surface area contributed by atoms with Gasteiger partial charge in [-0.25, -0.2) is 4.31 Å². The number of rotatable bonds is 1. The molecule has 0 saturated carbocycles. The Balaban J connectivity index is 2.30. The SMILES string of the molecule is COC1CNCCN1S. The van der Waals surface area contributed by atoms with E-state index in [1.54, 1.807) is 7.11 Å². The Kier molecular flexibility index (Phi) is 2.78. The van der Waals surface area contributed by atoms with Crippen molar-refractivity contribution in [2.24, 2.45) is 0 Å². The average Bonchev–Trinajstić information content (AvgIpc) is 1.89. The van der Waals surface area contributed by atoms with Crippen LogP contribution in [0.4, 0.5) is 0 Å². The molecule has 3 nitrogen and oxygen atoms in total. The first-order valence-electron chi connectivity index (χ1n) is 3.03. The van der Waals surface area contributed by atoms with Crippen molar-refractivity contribution < 1.29 is 4.74 Å². The fourth-order valence-corrected chi connectivity index (χ4v) is 1.15. The molecule has 1 aliphatic heterocycles. The molecule has 9 heavy (non-hydrogen) atoms. The van der Waals surface area contributed by atoms with Crippen molar-refractivity contribution in [1.29, 1.82) is 0 Å². The first-order valence-corrected chi connectivity index (χ1v) is 3.43. The molecule has 1 atom stereocenters. The summed E-state index contributed by atoms with van der Waals surface area (Å²) in [5, 5.41) is 3.20. The molecule has 0 spiro atoms. The van der Waals surface area contributed by atoms with Crippen LogP contribution < -0.4 is 5.32 Å². The van der Waals surface area contributed by atoms with Crippen LogP contribution in [-0.4, -0.2) is 37.3 Å². The highest BCUT2D eigenvalue weighted by molar-refractivity contribution is 7.77.